The summed E-state index contributed by atoms with van der Waals surface area (Å²) in [6.07, 6.45) is 0.100. The van der Waals surface area contributed by atoms with Gasteiger partial charge < -0.3 is 36.0 Å². The van der Waals surface area contributed by atoms with Crippen LogP contribution in [0.5, 0.6) is 5.75 Å². The molecule has 0 radical (unpaired) electrons. The summed E-state index contributed by atoms with van der Waals surface area (Å²) in [4.78, 5) is 63.3. The molecular weight excluding hydrogens is 671 g/mol. The molecule has 1 saturated carbocycles. The molecule has 1 aliphatic carbocycles. The summed E-state index contributed by atoms with van der Waals surface area (Å²) in [5.41, 5.74) is 10.9. The summed E-state index contributed by atoms with van der Waals surface area (Å²) in [6.45, 7) is 2.15. The molecule has 1 fully saturated rings. The quantitative estimate of drug-likeness (QED) is 0.200. The second-order valence-corrected chi connectivity index (χ2v) is 12.5. The van der Waals surface area contributed by atoms with Crippen molar-refractivity contribution in [3.8, 4) is 5.75 Å². The number of carboxylic acids is 1. The van der Waals surface area contributed by atoms with Crippen LogP contribution in [-0.2, 0) is 34.0 Å². The number of nitrogens with zero attached hydrogens (tertiary/aromatic N) is 2. The number of benzene rings is 3. The van der Waals surface area contributed by atoms with Gasteiger partial charge in [-0.2, -0.15) is 13.2 Å². The maximum absolute atomic E-state index is 13.5. The van der Waals surface area contributed by atoms with Gasteiger partial charge in [0.2, 0.25) is 5.91 Å². The molecule has 3 aromatic carbocycles. The molecule has 51 heavy (non-hydrogen) atoms. The van der Waals surface area contributed by atoms with Crippen LogP contribution in [0.4, 0.5) is 24.5 Å². The highest BCUT2D eigenvalue weighted by Crippen LogP contribution is 2.33. The third-order valence-corrected chi connectivity index (χ3v) is 8.56. The van der Waals surface area contributed by atoms with Gasteiger partial charge in [0.05, 0.1) is 5.69 Å². The smallest absolute Gasteiger partial charge is 0.482 e. The van der Waals surface area contributed by atoms with Gasteiger partial charge in [-0.25, -0.2) is 4.79 Å². The normalized spacial score (nSPS) is 14.6. The molecule has 15 heteroatoms. The lowest BCUT2D eigenvalue weighted by atomic mass is 10.1. The summed E-state index contributed by atoms with van der Waals surface area (Å²) in [5, 5.41) is 12.9. The molecule has 2 heterocycles. The summed E-state index contributed by atoms with van der Waals surface area (Å²) in [5.74, 6) is -2.65. The minimum Gasteiger partial charge on any atom is -0.482 e. The molecule has 4 amide bonds. The highest BCUT2D eigenvalue weighted by atomic mass is 19.4. The first kappa shape index (κ1) is 36.8. The zero-order valence-corrected chi connectivity index (χ0v) is 27.6. The van der Waals surface area contributed by atoms with Crippen molar-refractivity contribution in [3.63, 3.8) is 0 Å². The van der Waals surface area contributed by atoms with Gasteiger partial charge in [0.25, 0.3) is 17.7 Å². The minimum absolute atomic E-state index is 0.0702. The fourth-order valence-electron chi connectivity index (χ4n) is 5.69. The average molecular weight is 710 g/mol. The van der Waals surface area contributed by atoms with Crippen LogP contribution in [0.3, 0.4) is 0 Å². The predicted octanol–water partition coefficient (Wildman–Crippen LogP) is 5.07. The third kappa shape index (κ3) is 9.84. The van der Waals surface area contributed by atoms with Crippen molar-refractivity contribution in [2.75, 3.05) is 23.8 Å². The summed E-state index contributed by atoms with van der Waals surface area (Å²) < 4.78 is 37.2. The number of hydrogen-bond acceptors (Lipinski definition) is 7. The molecule has 0 saturated heterocycles. The number of halogens is 3. The molecule has 0 atom stereocenters. The van der Waals surface area contributed by atoms with Gasteiger partial charge in [-0.05, 0) is 91.4 Å². The first-order valence-corrected chi connectivity index (χ1v) is 16.5. The SMILES string of the molecule is NCCCCCC(=O)N1Cc2ccc(NC(=O)c3ccc(CN(C(=O)c4ccc5c(c4)OCC(=O)N5)C4CC4)cc3)cc2C1.O=C(O)C(F)(F)F. The largest absolute Gasteiger partial charge is 0.490 e. The van der Waals surface area contributed by atoms with E-state index in [4.69, 9.17) is 20.4 Å². The van der Waals surface area contributed by atoms with E-state index in [-0.39, 0.29) is 36.3 Å². The maximum atomic E-state index is 13.5. The van der Waals surface area contributed by atoms with Gasteiger partial charge >= 0.3 is 12.1 Å². The molecule has 0 unspecified atom stereocenters. The van der Waals surface area contributed by atoms with Crippen molar-refractivity contribution in [2.45, 2.75) is 70.4 Å². The van der Waals surface area contributed by atoms with E-state index >= 15 is 0 Å². The van der Waals surface area contributed by atoms with E-state index < -0.39 is 12.1 Å². The van der Waals surface area contributed by atoms with Crippen LogP contribution in [0.2, 0.25) is 0 Å². The number of fused-ring (bicyclic) bond motifs is 2. The van der Waals surface area contributed by atoms with Crippen molar-refractivity contribution >= 4 is 41.0 Å². The Morgan fingerprint density at radius 1 is 0.941 bits per heavy atom. The van der Waals surface area contributed by atoms with Crippen LogP contribution in [0.1, 0.15) is 75.9 Å². The standard InChI is InChI=1S/C34H37N5O5.C2HF3O2/c35-15-3-1-2-4-32(41)38-19-25-9-11-27(16-26(25)20-38)36-33(42)23-7-5-22(6-8-23)18-39(28-12-13-28)34(43)24-10-14-29-30(17-24)44-21-31(40)37-29;3-2(4,5)1(6)7/h5-11,14,16-17,28H,1-4,12-13,15,18-21,35H2,(H,36,42)(H,37,40);(H,6,7). The van der Waals surface area contributed by atoms with Gasteiger partial charge in [-0.3, -0.25) is 19.2 Å². The zero-order chi connectivity index (χ0) is 36.7. The number of anilines is 2. The van der Waals surface area contributed by atoms with Gasteiger partial charge in [0.15, 0.2) is 6.61 Å². The number of rotatable bonds is 11. The van der Waals surface area contributed by atoms with E-state index in [1.165, 1.54) is 0 Å². The van der Waals surface area contributed by atoms with Crippen LogP contribution >= 0.6 is 0 Å². The summed E-state index contributed by atoms with van der Waals surface area (Å²) in [7, 11) is 0. The molecule has 0 aromatic heterocycles. The Balaban J connectivity index is 0.000000654. The minimum atomic E-state index is -5.08. The Morgan fingerprint density at radius 3 is 2.29 bits per heavy atom. The molecular formula is C36H38F3N5O7. The van der Waals surface area contributed by atoms with E-state index in [0.29, 0.717) is 60.9 Å². The Kier molecular flexibility index (Phi) is 11.6. The number of unbranched alkanes of at least 4 members (excludes halogenated alkanes) is 2. The second-order valence-electron chi connectivity index (χ2n) is 12.5. The molecule has 12 nitrogen and oxygen atoms in total. The number of ether oxygens (including phenoxy) is 1. The fraction of sp³-hybridized carbons (Fsp3) is 0.361. The molecule has 6 rings (SSSR count). The van der Waals surface area contributed by atoms with Crippen LogP contribution in [-0.4, -0.2) is 69.9 Å². The van der Waals surface area contributed by atoms with Crippen molar-refractivity contribution in [2.24, 2.45) is 5.73 Å². The number of carboxylic acid groups (broad SMARTS) is 1. The number of alkyl halides is 3. The van der Waals surface area contributed by atoms with Gasteiger partial charge in [-0.1, -0.05) is 24.6 Å². The first-order valence-electron chi connectivity index (χ1n) is 16.5. The summed E-state index contributed by atoms with van der Waals surface area (Å²) >= 11 is 0. The first-order chi connectivity index (χ1) is 24.3. The molecule has 5 N–H and O–H groups in total. The number of hydrogen-bond donors (Lipinski definition) is 4. The van der Waals surface area contributed by atoms with Crippen LogP contribution in [0.15, 0.2) is 60.7 Å². The van der Waals surface area contributed by atoms with Crippen LogP contribution < -0.4 is 21.1 Å². The van der Waals surface area contributed by atoms with Gasteiger partial charge in [0, 0.05) is 48.9 Å². The molecule has 270 valence electrons. The molecule has 3 aromatic rings. The second kappa shape index (κ2) is 16.1. The van der Waals surface area contributed by atoms with E-state index in [9.17, 15) is 32.3 Å². The number of carbonyl (C=O) groups excluding carboxylic acids is 4. The topological polar surface area (TPSA) is 171 Å². The number of carbonyl (C=O) groups is 5. The predicted molar refractivity (Wildman–Crippen MR) is 180 cm³/mol. The molecule has 3 aliphatic rings. The number of nitrogens with two attached hydrogens (primary N) is 1. The zero-order valence-electron chi connectivity index (χ0n) is 27.6. The summed E-state index contributed by atoms with van der Waals surface area (Å²) in [6, 6.07) is 18.3. The Labute approximate surface area is 291 Å². The van der Waals surface area contributed by atoms with Gasteiger partial charge in [-0.15, -0.1) is 0 Å². The van der Waals surface area contributed by atoms with Crippen LogP contribution in [0.25, 0.3) is 0 Å². The number of amides is 4. The van der Waals surface area contributed by atoms with E-state index in [1.807, 2.05) is 40.1 Å². The lowest BCUT2D eigenvalue weighted by Gasteiger charge is -2.24. The number of nitrogens with one attached hydrogen (secondary N) is 2. The highest BCUT2D eigenvalue weighted by molar-refractivity contribution is 6.04. The van der Waals surface area contributed by atoms with Gasteiger partial charge in [0.1, 0.15) is 5.75 Å². The van der Waals surface area contributed by atoms with Crippen molar-refractivity contribution in [1.82, 2.24) is 9.80 Å². The Bertz CT molecular complexity index is 1790. The van der Waals surface area contributed by atoms with E-state index in [2.05, 4.69) is 10.6 Å². The number of aliphatic carboxylic acids is 1. The monoisotopic (exact) mass is 709 g/mol. The fourth-order valence-corrected chi connectivity index (χ4v) is 5.69. The Hall–Kier alpha value is -5.44. The van der Waals surface area contributed by atoms with Crippen molar-refractivity contribution in [1.29, 1.82) is 0 Å². The molecule has 2 aliphatic heterocycles. The Morgan fingerprint density at radius 2 is 1.63 bits per heavy atom. The highest BCUT2D eigenvalue weighted by Gasteiger charge is 2.38. The molecule has 0 bridgehead atoms. The lowest BCUT2D eigenvalue weighted by Crippen LogP contribution is -2.33. The maximum Gasteiger partial charge on any atom is 0.490 e. The molecule has 0 spiro atoms. The van der Waals surface area contributed by atoms with Crippen molar-refractivity contribution < 1.29 is 47.0 Å². The average Bonchev–Trinajstić information content (AvgIpc) is 3.86. The third-order valence-electron chi connectivity index (χ3n) is 8.56. The lowest BCUT2D eigenvalue weighted by molar-refractivity contribution is -0.192. The van der Waals surface area contributed by atoms with E-state index in [0.717, 1.165) is 48.8 Å². The van der Waals surface area contributed by atoms with Crippen molar-refractivity contribution in [3.05, 3.63) is 88.5 Å². The van der Waals surface area contributed by atoms with E-state index in [1.54, 1.807) is 30.3 Å². The van der Waals surface area contributed by atoms with Crippen LogP contribution in [0, 0.1) is 0 Å².